The molecule has 1 saturated heterocycles. The van der Waals surface area contributed by atoms with Crippen LogP contribution in [0.15, 0.2) is 24.3 Å². The molecule has 164 valence electrons. The predicted octanol–water partition coefficient (Wildman–Crippen LogP) is 4.47. The van der Waals surface area contributed by atoms with E-state index < -0.39 is 10.0 Å². The van der Waals surface area contributed by atoms with Crippen molar-refractivity contribution in [3.05, 3.63) is 24.3 Å². The third-order valence-electron chi connectivity index (χ3n) is 6.49. The molecule has 0 spiro atoms. The third-order valence-corrected chi connectivity index (χ3v) is 8.40. The van der Waals surface area contributed by atoms with Crippen molar-refractivity contribution in [3.8, 4) is 0 Å². The largest absolute Gasteiger partial charge is 0.385 e. The van der Waals surface area contributed by atoms with E-state index in [1.807, 2.05) is 0 Å². The molecule has 2 aliphatic rings. The fraction of sp³-hybridized carbons (Fsp3) is 0.739. The van der Waals surface area contributed by atoms with Gasteiger partial charge in [0.25, 0.3) is 0 Å². The van der Waals surface area contributed by atoms with Crippen LogP contribution < -0.4 is 14.9 Å². The lowest BCUT2D eigenvalue weighted by atomic mass is 9.86. The average molecular weight is 422 g/mol. The van der Waals surface area contributed by atoms with Crippen molar-refractivity contribution in [2.24, 2.45) is 17.8 Å². The second kappa shape index (κ2) is 9.69. The Bertz CT molecular complexity index is 730. The van der Waals surface area contributed by atoms with E-state index in [9.17, 15) is 8.42 Å². The fourth-order valence-electron chi connectivity index (χ4n) is 4.78. The highest BCUT2D eigenvalue weighted by atomic mass is 32.2. The van der Waals surface area contributed by atoms with Crippen molar-refractivity contribution in [2.45, 2.75) is 71.1 Å². The number of rotatable bonds is 7. The first-order valence-corrected chi connectivity index (χ1v) is 12.9. The first-order chi connectivity index (χ1) is 13.7. The standard InChI is InChI=1S/C23H39N3O2S/c1-17(2)29(27,28)25-22-7-5-20(6-8-22)14-24-21-9-11-23(12-10-21)26-15-18(3)13-19(4)16-26/h9-12,17-20,22,24-25H,5-8,13-16H2,1-4H3/t18-,19-,20-,22-/m1/s1. The highest BCUT2D eigenvalue weighted by Gasteiger charge is 2.26. The Morgan fingerprint density at radius 1 is 1.00 bits per heavy atom. The van der Waals surface area contributed by atoms with Crippen LogP contribution in [0.2, 0.25) is 0 Å². The van der Waals surface area contributed by atoms with E-state index in [4.69, 9.17) is 0 Å². The topological polar surface area (TPSA) is 61.4 Å². The summed E-state index contributed by atoms with van der Waals surface area (Å²) in [6, 6.07) is 8.98. The van der Waals surface area contributed by atoms with E-state index in [0.717, 1.165) is 57.2 Å². The van der Waals surface area contributed by atoms with Gasteiger partial charge in [0.1, 0.15) is 0 Å². The zero-order valence-electron chi connectivity index (χ0n) is 18.5. The van der Waals surface area contributed by atoms with E-state index in [0.29, 0.717) is 5.92 Å². The number of nitrogens with one attached hydrogen (secondary N) is 2. The molecule has 0 unspecified atom stereocenters. The van der Waals surface area contributed by atoms with E-state index >= 15 is 0 Å². The predicted molar refractivity (Wildman–Crippen MR) is 123 cm³/mol. The Hall–Kier alpha value is -1.27. The van der Waals surface area contributed by atoms with Crippen LogP contribution in [0.5, 0.6) is 0 Å². The molecule has 1 aliphatic carbocycles. The Balaban J connectivity index is 1.43. The minimum atomic E-state index is -3.16. The Kier molecular flexibility index (Phi) is 7.49. The molecule has 2 N–H and O–H groups in total. The zero-order chi connectivity index (χ0) is 21.0. The minimum Gasteiger partial charge on any atom is -0.385 e. The molecular weight excluding hydrogens is 382 g/mol. The number of sulfonamides is 1. The molecule has 0 bridgehead atoms. The quantitative estimate of drug-likeness (QED) is 0.682. The zero-order valence-corrected chi connectivity index (χ0v) is 19.3. The molecule has 6 heteroatoms. The molecule has 0 amide bonds. The van der Waals surface area contributed by atoms with Crippen molar-refractivity contribution in [3.63, 3.8) is 0 Å². The Morgan fingerprint density at radius 2 is 1.59 bits per heavy atom. The SMILES string of the molecule is CC(C)S(=O)(=O)N[C@H]1CC[C@H](CNc2ccc(N3C[C@H](C)C[C@@H](C)C3)cc2)CC1. The lowest BCUT2D eigenvalue weighted by Crippen LogP contribution is -2.41. The van der Waals surface area contributed by atoms with Gasteiger partial charge in [-0.15, -0.1) is 0 Å². The van der Waals surface area contributed by atoms with Crippen molar-refractivity contribution in [2.75, 3.05) is 29.9 Å². The van der Waals surface area contributed by atoms with Gasteiger partial charge in [0.2, 0.25) is 10.0 Å². The highest BCUT2D eigenvalue weighted by molar-refractivity contribution is 7.90. The maximum absolute atomic E-state index is 12.0. The summed E-state index contributed by atoms with van der Waals surface area (Å²) in [4.78, 5) is 2.52. The van der Waals surface area contributed by atoms with Crippen LogP contribution in [-0.2, 0) is 10.0 Å². The lowest BCUT2D eigenvalue weighted by molar-refractivity contribution is 0.323. The highest BCUT2D eigenvalue weighted by Crippen LogP contribution is 2.28. The fourth-order valence-corrected chi connectivity index (χ4v) is 5.75. The van der Waals surface area contributed by atoms with Crippen LogP contribution in [0.4, 0.5) is 11.4 Å². The van der Waals surface area contributed by atoms with E-state index in [1.54, 1.807) is 13.8 Å². The van der Waals surface area contributed by atoms with Gasteiger partial charge < -0.3 is 10.2 Å². The van der Waals surface area contributed by atoms with Crippen molar-refractivity contribution in [1.29, 1.82) is 0 Å². The van der Waals surface area contributed by atoms with Gasteiger partial charge in [-0.25, -0.2) is 13.1 Å². The van der Waals surface area contributed by atoms with Gasteiger partial charge in [-0.3, -0.25) is 0 Å². The van der Waals surface area contributed by atoms with Gasteiger partial charge in [-0.2, -0.15) is 0 Å². The molecule has 1 aromatic rings. The number of hydrogen-bond donors (Lipinski definition) is 2. The number of benzene rings is 1. The summed E-state index contributed by atoms with van der Waals surface area (Å²) in [5.41, 5.74) is 2.50. The van der Waals surface area contributed by atoms with Gasteiger partial charge in [0, 0.05) is 37.1 Å². The summed E-state index contributed by atoms with van der Waals surface area (Å²) in [7, 11) is -3.16. The number of nitrogens with zero attached hydrogens (tertiary/aromatic N) is 1. The summed E-state index contributed by atoms with van der Waals surface area (Å²) in [6.07, 6.45) is 5.34. The molecule has 3 rings (SSSR count). The van der Waals surface area contributed by atoms with Crippen molar-refractivity contribution < 1.29 is 8.42 Å². The van der Waals surface area contributed by atoms with Crippen LogP contribution >= 0.6 is 0 Å². The van der Waals surface area contributed by atoms with E-state index in [1.165, 1.54) is 17.8 Å². The van der Waals surface area contributed by atoms with Gasteiger partial charge in [0.15, 0.2) is 0 Å². The lowest BCUT2D eigenvalue weighted by Gasteiger charge is -2.36. The van der Waals surface area contributed by atoms with Crippen LogP contribution in [0.1, 0.15) is 59.8 Å². The number of hydrogen-bond acceptors (Lipinski definition) is 4. The minimum absolute atomic E-state index is 0.104. The molecule has 2 fully saturated rings. The summed E-state index contributed by atoms with van der Waals surface area (Å²) in [5, 5.41) is 3.23. The average Bonchev–Trinajstić information content (AvgIpc) is 2.67. The first kappa shape index (κ1) is 22.4. The number of anilines is 2. The molecule has 0 radical (unpaired) electrons. The molecule has 29 heavy (non-hydrogen) atoms. The molecule has 1 saturated carbocycles. The summed E-state index contributed by atoms with van der Waals surface area (Å²) in [6.45, 7) is 11.4. The maximum Gasteiger partial charge on any atom is 0.214 e. The second-order valence-corrected chi connectivity index (χ2v) is 12.0. The molecule has 1 aromatic carbocycles. The Labute approximate surface area is 177 Å². The van der Waals surface area contributed by atoms with Crippen LogP contribution in [0.3, 0.4) is 0 Å². The van der Waals surface area contributed by atoms with E-state index in [2.05, 4.69) is 53.1 Å². The monoisotopic (exact) mass is 421 g/mol. The third kappa shape index (κ3) is 6.35. The van der Waals surface area contributed by atoms with Gasteiger partial charge in [-0.05, 0) is 88.0 Å². The molecular formula is C23H39N3O2S. The van der Waals surface area contributed by atoms with Gasteiger partial charge in [0.05, 0.1) is 5.25 Å². The molecule has 1 aliphatic heterocycles. The van der Waals surface area contributed by atoms with Crippen LogP contribution in [0.25, 0.3) is 0 Å². The summed E-state index contributed by atoms with van der Waals surface area (Å²) >= 11 is 0. The smallest absolute Gasteiger partial charge is 0.214 e. The van der Waals surface area contributed by atoms with Gasteiger partial charge >= 0.3 is 0 Å². The first-order valence-electron chi connectivity index (χ1n) is 11.3. The maximum atomic E-state index is 12.0. The Morgan fingerprint density at radius 3 is 2.14 bits per heavy atom. The normalized spacial score (nSPS) is 28.5. The second-order valence-electron chi connectivity index (χ2n) is 9.71. The molecule has 1 heterocycles. The molecule has 2 atom stereocenters. The number of piperidine rings is 1. The van der Waals surface area contributed by atoms with Gasteiger partial charge in [-0.1, -0.05) is 13.8 Å². The van der Waals surface area contributed by atoms with Crippen LogP contribution in [0, 0.1) is 17.8 Å². The summed E-state index contributed by atoms with van der Waals surface area (Å²) < 4.78 is 27.0. The molecule has 0 aromatic heterocycles. The van der Waals surface area contributed by atoms with Crippen LogP contribution in [-0.4, -0.2) is 39.3 Å². The van der Waals surface area contributed by atoms with Crippen molar-refractivity contribution in [1.82, 2.24) is 4.72 Å². The summed E-state index contributed by atoms with van der Waals surface area (Å²) in [5.74, 6) is 2.13. The van der Waals surface area contributed by atoms with Crippen molar-refractivity contribution >= 4 is 21.4 Å². The molecule has 5 nitrogen and oxygen atoms in total. The van der Waals surface area contributed by atoms with E-state index in [-0.39, 0.29) is 11.3 Å².